The fourth-order valence-electron chi connectivity index (χ4n) is 1.36. The van der Waals surface area contributed by atoms with Crippen LogP contribution in [-0.2, 0) is 11.2 Å². The van der Waals surface area contributed by atoms with Gasteiger partial charge in [0.1, 0.15) is 10.3 Å². The standard InChI is InChI=1S/C13H21BrN2OS/c1-12(2,3)10-9(14)11(17)16-8(15-10)7-18-13(4,5)6/h7H2,1-6H3,(H,15,16,17). The van der Waals surface area contributed by atoms with Crippen molar-refractivity contribution in [2.45, 2.75) is 57.5 Å². The molecule has 1 aromatic heterocycles. The van der Waals surface area contributed by atoms with E-state index < -0.39 is 0 Å². The second-order valence-corrected chi connectivity index (χ2v) is 8.92. The highest BCUT2D eigenvalue weighted by Crippen LogP contribution is 2.28. The molecule has 102 valence electrons. The number of aromatic amines is 1. The van der Waals surface area contributed by atoms with Gasteiger partial charge in [-0.3, -0.25) is 4.79 Å². The van der Waals surface area contributed by atoms with Gasteiger partial charge in [0.25, 0.3) is 5.56 Å². The SMILES string of the molecule is CC(C)(C)SCc1nc(C(C)(C)C)c(Br)c(=O)[nH]1. The first-order valence-corrected chi connectivity index (χ1v) is 7.72. The van der Waals surface area contributed by atoms with E-state index in [1.54, 1.807) is 11.8 Å². The maximum atomic E-state index is 11.9. The summed E-state index contributed by atoms with van der Waals surface area (Å²) in [5, 5.41) is 0. The molecule has 0 spiro atoms. The number of H-pyrrole nitrogens is 1. The Labute approximate surface area is 121 Å². The van der Waals surface area contributed by atoms with Crippen LogP contribution in [-0.4, -0.2) is 14.7 Å². The van der Waals surface area contributed by atoms with Gasteiger partial charge in [0.05, 0.1) is 11.4 Å². The van der Waals surface area contributed by atoms with E-state index in [0.29, 0.717) is 4.47 Å². The summed E-state index contributed by atoms with van der Waals surface area (Å²) in [5.41, 5.74) is 0.573. The Kier molecular flexibility index (Phi) is 4.70. The van der Waals surface area contributed by atoms with Crippen LogP contribution in [0.4, 0.5) is 0 Å². The lowest BCUT2D eigenvalue weighted by Crippen LogP contribution is -2.23. The van der Waals surface area contributed by atoms with E-state index in [1.807, 2.05) is 0 Å². The first kappa shape index (κ1) is 15.8. The number of hydrogen-bond donors (Lipinski definition) is 1. The molecular weight excluding hydrogens is 312 g/mol. The number of nitrogens with zero attached hydrogens (tertiary/aromatic N) is 1. The van der Waals surface area contributed by atoms with Crippen molar-refractivity contribution in [3.63, 3.8) is 0 Å². The zero-order valence-electron chi connectivity index (χ0n) is 11.8. The predicted octanol–water partition coefficient (Wildman–Crippen LogP) is 3.86. The van der Waals surface area contributed by atoms with Crippen molar-refractivity contribution in [2.75, 3.05) is 0 Å². The molecule has 0 aliphatic rings. The molecule has 1 aromatic rings. The molecule has 0 aliphatic carbocycles. The fourth-order valence-corrected chi connectivity index (χ4v) is 2.84. The molecule has 0 saturated heterocycles. The van der Waals surface area contributed by atoms with Crippen molar-refractivity contribution in [2.24, 2.45) is 0 Å². The van der Waals surface area contributed by atoms with Crippen molar-refractivity contribution < 1.29 is 0 Å². The lowest BCUT2D eigenvalue weighted by Gasteiger charge is -2.21. The minimum absolute atomic E-state index is 0.0977. The zero-order chi connectivity index (χ0) is 14.1. The number of halogens is 1. The van der Waals surface area contributed by atoms with Gasteiger partial charge in [0, 0.05) is 10.2 Å². The van der Waals surface area contributed by atoms with Gasteiger partial charge >= 0.3 is 0 Å². The maximum Gasteiger partial charge on any atom is 0.265 e. The van der Waals surface area contributed by atoms with Crippen LogP contribution < -0.4 is 5.56 Å². The highest BCUT2D eigenvalue weighted by atomic mass is 79.9. The van der Waals surface area contributed by atoms with Crippen molar-refractivity contribution in [3.8, 4) is 0 Å². The highest BCUT2D eigenvalue weighted by molar-refractivity contribution is 9.10. The molecule has 0 aromatic carbocycles. The fraction of sp³-hybridized carbons (Fsp3) is 0.692. The van der Waals surface area contributed by atoms with Gasteiger partial charge in [-0.15, -0.1) is 11.8 Å². The largest absolute Gasteiger partial charge is 0.309 e. The normalized spacial score (nSPS) is 12.8. The Morgan fingerprint density at radius 2 is 1.78 bits per heavy atom. The smallest absolute Gasteiger partial charge is 0.265 e. The summed E-state index contributed by atoms with van der Waals surface area (Å²) < 4.78 is 0.701. The summed E-state index contributed by atoms with van der Waals surface area (Å²) in [7, 11) is 0. The average molecular weight is 333 g/mol. The van der Waals surface area contributed by atoms with E-state index in [0.717, 1.165) is 17.3 Å². The number of nitrogens with one attached hydrogen (secondary N) is 1. The summed E-state index contributed by atoms with van der Waals surface area (Å²) in [6, 6.07) is 0. The minimum atomic E-state index is -0.145. The van der Waals surface area contributed by atoms with E-state index >= 15 is 0 Å². The maximum absolute atomic E-state index is 11.9. The molecule has 0 saturated carbocycles. The second-order valence-electron chi connectivity index (χ2n) is 6.33. The first-order valence-electron chi connectivity index (χ1n) is 5.94. The van der Waals surface area contributed by atoms with Crippen LogP contribution in [0.3, 0.4) is 0 Å². The van der Waals surface area contributed by atoms with Crippen LogP contribution in [0, 0.1) is 0 Å². The molecule has 1 heterocycles. The number of hydrogen-bond acceptors (Lipinski definition) is 3. The van der Waals surface area contributed by atoms with Crippen LogP contribution in [0.25, 0.3) is 0 Å². The molecule has 18 heavy (non-hydrogen) atoms. The third-order valence-corrected chi connectivity index (χ3v) is 4.28. The molecule has 0 unspecified atom stereocenters. The Balaban J connectivity index is 3.10. The number of rotatable bonds is 2. The molecule has 0 amide bonds. The van der Waals surface area contributed by atoms with Crippen molar-refractivity contribution in [1.29, 1.82) is 0 Å². The van der Waals surface area contributed by atoms with Crippen LogP contribution in [0.5, 0.6) is 0 Å². The van der Waals surface area contributed by atoms with Crippen molar-refractivity contribution in [1.82, 2.24) is 9.97 Å². The van der Waals surface area contributed by atoms with Crippen molar-refractivity contribution >= 4 is 27.7 Å². The first-order chi connectivity index (χ1) is 8.00. The summed E-state index contributed by atoms with van der Waals surface area (Å²) in [5.74, 6) is 1.46. The van der Waals surface area contributed by atoms with E-state index in [1.165, 1.54) is 0 Å². The third kappa shape index (κ3) is 4.43. The molecular formula is C13H21BrN2OS. The Morgan fingerprint density at radius 1 is 1.22 bits per heavy atom. The lowest BCUT2D eigenvalue weighted by molar-refractivity contribution is 0.558. The van der Waals surface area contributed by atoms with Gasteiger partial charge in [0.2, 0.25) is 0 Å². The summed E-state index contributed by atoms with van der Waals surface area (Å²) in [6.07, 6.45) is 0. The molecule has 3 nitrogen and oxygen atoms in total. The molecule has 5 heteroatoms. The summed E-state index contributed by atoms with van der Waals surface area (Å²) in [4.78, 5) is 19.3. The summed E-state index contributed by atoms with van der Waals surface area (Å²) >= 11 is 5.10. The van der Waals surface area contributed by atoms with Crippen molar-refractivity contribution in [3.05, 3.63) is 26.3 Å². The monoisotopic (exact) mass is 332 g/mol. The van der Waals surface area contributed by atoms with Gasteiger partial charge in [-0.25, -0.2) is 4.98 Å². The molecule has 1 rings (SSSR count). The van der Waals surface area contributed by atoms with Gasteiger partial charge in [-0.1, -0.05) is 41.5 Å². The van der Waals surface area contributed by atoms with Crippen LogP contribution in [0.1, 0.15) is 53.1 Å². The predicted molar refractivity (Wildman–Crippen MR) is 82.3 cm³/mol. The number of thioether (sulfide) groups is 1. The Hall–Kier alpha value is -0.290. The van der Waals surface area contributed by atoms with E-state index in [-0.39, 0.29) is 15.7 Å². The van der Waals surface area contributed by atoms with E-state index in [2.05, 4.69) is 67.4 Å². The van der Waals surface area contributed by atoms with E-state index in [9.17, 15) is 4.79 Å². The zero-order valence-corrected chi connectivity index (χ0v) is 14.3. The molecule has 0 bridgehead atoms. The van der Waals surface area contributed by atoms with Crippen LogP contribution >= 0.6 is 27.7 Å². The molecule has 1 N–H and O–H groups in total. The second kappa shape index (κ2) is 5.37. The van der Waals surface area contributed by atoms with Crippen LogP contribution in [0.15, 0.2) is 9.27 Å². The lowest BCUT2D eigenvalue weighted by atomic mass is 9.92. The molecule has 0 radical (unpaired) electrons. The molecule has 0 atom stereocenters. The highest BCUT2D eigenvalue weighted by Gasteiger charge is 2.22. The number of aromatic nitrogens is 2. The van der Waals surface area contributed by atoms with Gasteiger partial charge < -0.3 is 4.98 Å². The minimum Gasteiger partial charge on any atom is -0.309 e. The van der Waals surface area contributed by atoms with Gasteiger partial charge in [0.15, 0.2) is 0 Å². The summed E-state index contributed by atoms with van der Waals surface area (Å²) in [6.45, 7) is 12.6. The topological polar surface area (TPSA) is 45.8 Å². The Bertz CT molecular complexity index is 483. The molecule has 0 aliphatic heterocycles. The van der Waals surface area contributed by atoms with Crippen LogP contribution in [0.2, 0.25) is 0 Å². The average Bonchev–Trinajstić information content (AvgIpc) is 2.16. The Morgan fingerprint density at radius 3 is 2.22 bits per heavy atom. The third-order valence-electron chi connectivity index (χ3n) is 2.26. The molecule has 0 fully saturated rings. The van der Waals surface area contributed by atoms with Gasteiger partial charge in [-0.2, -0.15) is 0 Å². The van der Waals surface area contributed by atoms with Gasteiger partial charge in [-0.05, 0) is 15.9 Å². The quantitative estimate of drug-likeness (QED) is 0.894. The van der Waals surface area contributed by atoms with E-state index in [4.69, 9.17) is 0 Å².